The molecule has 0 aliphatic heterocycles. The van der Waals surface area contributed by atoms with Crippen molar-refractivity contribution in [3.05, 3.63) is 33.8 Å². The van der Waals surface area contributed by atoms with E-state index in [0.29, 0.717) is 0 Å². The molecule has 0 unspecified atom stereocenters. The summed E-state index contributed by atoms with van der Waals surface area (Å²) in [7, 11) is 0. The zero-order chi connectivity index (χ0) is 8.43. The molecule has 2 N–H and O–H groups in total. The van der Waals surface area contributed by atoms with E-state index in [1.54, 1.807) is 0 Å². The number of rotatable bonds is 1. The summed E-state index contributed by atoms with van der Waals surface area (Å²) in [6.07, 6.45) is 0. The SMILES string of the molecule is Cc1ccc(Br)c([C@@H](C)N)c1. The molecular weight excluding hydrogens is 202 g/mol. The fraction of sp³-hybridized carbons (Fsp3) is 0.333. The standard InChI is InChI=1S/C9H12BrN/c1-6-3-4-9(10)8(5-6)7(2)11/h3-5,7H,11H2,1-2H3/t7-/m1/s1. The highest BCUT2D eigenvalue weighted by atomic mass is 79.9. The lowest BCUT2D eigenvalue weighted by Gasteiger charge is -2.08. The average molecular weight is 214 g/mol. The maximum atomic E-state index is 5.75. The van der Waals surface area contributed by atoms with Crippen molar-refractivity contribution in [1.82, 2.24) is 0 Å². The van der Waals surface area contributed by atoms with E-state index in [4.69, 9.17) is 5.73 Å². The lowest BCUT2D eigenvalue weighted by Crippen LogP contribution is -2.05. The molecule has 60 valence electrons. The van der Waals surface area contributed by atoms with Gasteiger partial charge in [0.05, 0.1) is 0 Å². The Labute approximate surface area is 75.7 Å². The Morgan fingerprint density at radius 1 is 1.45 bits per heavy atom. The minimum Gasteiger partial charge on any atom is -0.324 e. The van der Waals surface area contributed by atoms with Gasteiger partial charge in [0.25, 0.3) is 0 Å². The van der Waals surface area contributed by atoms with Crippen LogP contribution in [0.25, 0.3) is 0 Å². The number of hydrogen-bond donors (Lipinski definition) is 1. The summed E-state index contributed by atoms with van der Waals surface area (Å²) in [5.74, 6) is 0. The van der Waals surface area contributed by atoms with Crippen LogP contribution in [-0.2, 0) is 0 Å². The van der Waals surface area contributed by atoms with Crippen LogP contribution in [0.3, 0.4) is 0 Å². The van der Waals surface area contributed by atoms with E-state index in [1.807, 2.05) is 13.0 Å². The third-order valence-corrected chi connectivity index (χ3v) is 2.36. The van der Waals surface area contributed by atoms with Crippen molar-refractivity contribution in [3.8, 4) is 0 Å². The van der Waals surface area contributed by atoms with E-state index in [1.165, 1.54) is 11.1 Å². The maximum Gasteiger partial charge on any atom is 0.0277 e. The Hall–Kier alpha value is -0.340. The second kappa shape index (κ2) is 3.37. The van der Waals surface area contributed by atoms with E-state index in [0.717, 1.165) is 4.47 Å². The molecule has 1 atom stereocenters. The minimum atomic E-state index is 0.101. The van der Waals surface area contributed by atoms with Crippen LogP contribution >= 0.6 is 15.9 Å². The first-order valence-corrected chi connectivity index (χ1v) is 4.42. The van der Waals surface area contributed by atoms with Crippen molar-refractivity contribution < 1.29 is 0 Å². The lowest BCUT2D eigenvalue weighted by molar-refractivity contribution is 0.812. The molecule has 0 amide bonds. The van der Waals surface area contributed by atoms with Crippen LogP contribution in [0.4, 0.5) is 0 Å². The average Bonchev–Trinajstić information content (AvgIpc) is 1.94. The van der Waals surface area contributed by atoms with Gasteiger partial charge in [0.2, 0.25) is 0 Å². The van der Waals surface area contributed by atoms with Crippen molar-refractivity contribution in [2.24, 2.45) is 5.73 Å². The van der Waals surface area contributed by atoms with Crippen LogP contribution in [0.2, 0.25) is 0 Å². The van der Waals surface area contributed by atoms with Crippen LogP contribution in [0, 0.1) is 6.92 Å². The Kier molecular flexibility index (Phi) is 2.68. The summed E-state index contributed by atoms with van der Waals surface area (Å²) in [4.78, 5) is 0. The molecule has 1 rings (SSSR count). The largest absolute Gasteiger partial charge is 0.324 e. The summed E-state index contributed by atoms with van der Waals surface area (Å²) in [5, 5.41) is 0. The summed E-state index contributed by atoms with van der Waals surface area (Å²) in [6.45, 7) is 4.05. The van der Waals surface area contributed by atoms with Crippen LogP contribution in [0.1, 0.15) is 24.1 Å². The van der Waals surface area contributed by atoms with Gasteiger partial charge in [0, 0.05) is 10.5 Å². The van der Waals surface area contributed by atoms with Gasteiger partial charge in [-0.2, -0.15) is 0 Å². The molecule has 2 heteroatoms. The summed E-state index contributed by atoms with van der Waals surface area (Å²) < 4.78 is 1.10. The Bertz CT molecular complexity index is 256. The van der Waals surface area contributed by atoms with E-state index < -0.39 is 0 Å². The van der Waals surface area contributed by atoms with Gasteiger partial charge in [0.15, 0.2) is 0 Å². The monoisotopic (exact) mass is 213 g/mol. The molecule has 0 radical (unpaired) electrons. The Morgan fingerprint density at radius 2 is 2.09 bits per heavy atom. The maximum absolute atomic E-state index is 5.75. The molecule has 0 aliphatic carbocycles. The van der Waals surface area contributed by atoms with Gasteiger partial charge in [-0.05, 0) is 25.5 Å². The number of benzene rings is 1. The van der Waals surface area contributed by atoms with Crippen LogP contribution in [-0.4, -0.2) is 0 Å². The molecule has 1 aromatic carbocycles. The van der Waals surface area contributed by atoms with Gasteiger partial charge in [-0.25, -0.2) is 0 Å². The van der Waals surface area contributed by atoms with Gasteiger partial charge in [0.1, 0.15) is 0 Å². The highest BCUT2D eigenvalue weighted by molar-refractivity contribution is 9.10. The van der Waals surface area contributed by atoms with E-state index in [-0.39, 0.29) is 6.04 Å². The Morgan fingerprint density at radius 3 is 2.55 bits per heavy atom. The van der Waals surface area contributed by atoms with Crippen molar-refractivity contribution in [3.63, 3.8) is 0 Å². The zero-order valence-corrected chi connectivity index (χ0v) is 8.35. The van der Waals surface area contributed by atoms with Crippen molar-refractivity contribution in [2.45, 2.75) is 19.9 Å². The van der Waals surface area contributed by atoms with Crippen molar-refractivity contribution in [2.75, 3.05) is 0 Å². The fourth-order valence-corrected chi connectivity index (χ4v) is 1.62. The first kappa shape index (κ1) is 8.75. The molecule has 1 nitrogen and oxygen atoms in total. The smallest absolute Gasteiger partial charge is 0.0277 e. The van der Waals surface area contributed by atoms with Gasteiger partial charge >= 0.3 is 0 Å². The lowest BCUT2D eigenvalue weighted by atomic mass is 10.1. The molecular formula is C9H12BrN. The fourth-order valence-electron chi connectivity index (χ4n) is 1.01. The normalized spacial score (nSPS) is 13.1. The first-order valence-electron chi connectivity index (χ1n) is 3.63. The van der Waals surface area contributed by atoms with Crippen LogP contribution < -0.4 is 5.73 Å². The van der Waals surface area contributed by atoms with Gasteiger partial charge in [-0.1, -0.05) is 33.6 Å². The second-order valence-electron chi connectivity index (χ2n) is 2.81. The highest BCUT2D eigenvalue weighted by Crippen LogP contribution is 2.22. The summed E-state index contributed by atoms with van der Waals surface area (Å²) in [5.41, 5.74) is 8.18. The molecule has 0 fully saturated rings. The number of halogens is 1. The summed E-state index contributed by atoms with van der Waals surface area (Å²) in [6, 6.07) is 6.31. The second-order valence-corrected chi connectivity index (χ2v) is 3.67. The van der Waals surface area contributed by atoms with Crippen molar-refractivity contribution in [1.29, 1.82) is 0 Å². The molecule has 0 bridgehead atoms. The first-order chi connectivity index (χ1) is 5.11. The molecule has 0 saturated heterocycles. The molecule has 0 saturated carbocycles. The molecule has 0 spiro atoms. The highest BCUT2D eigenvalue weighted by Gasteiger charge is 2.03. The number of hydrogen-bond acceptors (Lipinski definition) is 1. The zero-order valence-electron chi connectivity index (χ0n) is 6.76. The van der Waals surface area contributed by atoms with Crippen molar-refractivity contribution >= 4 is 15.9 Å². The molecule has 11 heavy (non-hydrogen) atoms. The number of aryl methyl sites for hydroxylation is 1. The third kappa shape index (κ3) is 2.04. The molecule has 0 aromatic heterocycles. The Balaban J connectivity index is 3.13. The topological polar surface area (TPSA) is 26.0 Å². The predicted molar refractivity (Wildman–Crippen MR) is 51.5 cm³/mol. The third-order valence-electron chi connectivity index (χ3n) is 1.64. The van der Waals surface area contributed by atoms with Gasteiger partial charge in [-0.3, -0.25) is 0 Å². The minimum absolute atomic E-state index is 0.101. The van der Waals surface area contributed by atoms with Crippen LogP contribution in [0.15, 0.2) is 22.7 Å². The molecule has 0 heterocycles. The van der Waals surface area contributed by atoms with E-state index in [9.17, 15) is 0 Å². The van der Waals surface area contributed by atoms with Crippen LogP contribution in [0.5, 0.6) is 0 Å². The summed E-state index contributed by atoms with van der Waals surface area (Å²) >= 11 is 3.45. The molecule has 1 aromatic rings. The molecule has 0 aliphatic rings. The predicted octanol–water partition coefficient (Wildman–Crippen LogP) is 2.78. The quantitative estimate of drug-likeness (QED) is 0.764. The van der Waals surface area contributed by atoms with E-state index in [2.05, 4.69) is 35.0 Å². The number of nitrogens with two attached hydrogens (primary N) is 1. The van der Waals surface area contributed by atoms with Gasteiger partial charge < -0.3 is 5.73 Å². The van der Waals surface area contributed by atoms with E-state index >= 15 is 0 Å². The van der Waals surface area contributed by atoms with Gasteiger partial charge in [-0.15, -0.1) is 0 Å².